The average molecular weight is 276 g/mol. The number of hydrogen-bond acceptors (Lipinski definition) is 2. The molecule has 1 N–H and O–H groups in total. The van der Waals surface area contributed by atoms with Crippen LogP contribution in [0.1, 0.15) is 29.9 Å². The summed E-state index contributed by atoms with van der Waals surface area (Å²) in [7, 11) is 1.42. The number of rotatable bonds is 3. The number of methoxy groups -OCH3 is 1. The lowest BCUT2D eigenvalue weighted by molar-refractivity contribution is 0.180. The first-order chi connectivity index (χ1) is 8.65. The van der Waals surface area contributed by atoms with Gasteiger partial charge in [-0.25, -0.2) is 8.78 Å². The molecule has 0 unspecified atom stereocenters. The lowest BCUT2D eigenvalue weighted by Crippen LogP contribution is -2.27. The Morgan fingerprint density at radius 3 is 2.61 bits per heavy atom. The van der Waals surface area contributed by atoms with Crippen LogP contribution in [-0.4, -0.2) is 20.2 Å². The molecule has 0 spiro atoms. The van der Waals surface area contributed by atoms with Gasteiger partial charge in [0.2, 0.25) is 0 Å². The molecular formula is C13H16ClF2NO. The summed E-state index contributed by atoms with van der Waals surface area (Å²) in [5, 5.41) is 3.44. The van der Waals surface area contributed by atoms with Crippen molar-refractivity contribution in [1.29, 1.82) is 0 Å². The van der Waals surface area contributed by atoms with Crippen molar-refractivity contribution >= 4 is 11.6 Å². The zero-order valence-corrected chi connectivity index (χ0v) is 11.0. The largest absolute Gasteiger partial charge is 0.380 e. The molecule has 1 aliphatic heterocycles. The number of halogens is 3. The van der Waals surface area contributed by atoms with Crippen molar-refractivity contribution in [3.8, 4) is 0 Å². The van der Waals surface area contributed by atoms with Crippen molar-refractivity contribution in [3.63, 3.8) is 0 Å². The molecule has 1 fully saturated rings. The van der Waals surface area contributed by atoms with E-state index in [0.29, 0.717) is 5.56 Å². The van der Waals surface area contributed by atoms with Crippen LogP contribution in [0.4, 0.5) is 8.78 Å². The van der Waals surface area contributed by atoms with E-state index in [1.54, 1.807) is 6.07 Å². The normalized spacial score (nSPS) is 17.1. The van der Waals surface area contributed by atoms with E-state index in [1.165, 1.54) is 7.11 Å². The number of benzene rings is 1. The van der Waals surface area contributed by atoms with E-state index in [-0.39, 0.29) is 23.1 Å². The summed E-state index contributed by atoms with van der Waals surface area (Å²) in [6.45, 7) is 1.63. The van der Waals surface area contributed by atoms with Gasteiger partial charge in [-0.15, -0.1) is 0 Å². The van der Waals surface area contributed by atoms with Gasteiger partial charge < -0.3 is 10.1 Å². The number of ether oxygens (including phenoxy) is 1. The Morgan fingerprint density at radius 2 is 2.00 bits per heavy atom. The molecule has 1 heterocycles. The summed E-state index contributed by atoms with van der Waals surface area (Å²) in [6, 6.07) is 1.55. The maximum absolute atomic E-state index is 14.0. The van der Waals surface area contributed by atoms with Crippen LogP contribution < -0.4 is 5.32 Å². The first-order valence-corrected chi connectivity index (χ1v) is 6.39. The molecule has 0 atom stereocenters. The van der Waals surface area contributed by atoms with Gasteiger partial charge in [0.1, 0.15) is 0 Å². The van der Waals surface area contributed by atoms with Crippen molar-refractivity contribution in [1.82, 2.24) is 5.32 Å². The van der Waals surface area contributed by atoms with Crippen LogP contribution in [0.15, 0.2) is 6.07 Å². The van der Waals surface area contributed by atoms with Crippen LogP contribution in [-0.2, 0) is 11.3 Å². The van der Waals surface area contributed by atoms with Gasteiger partial charge in [-0.2, -0.15) is 0 Å². The minimum Gasteiger partial charge on any atom is -0.380 e. The van der Waals surface area contributed by atoms with Crippen molar-refractivity contribution in [2.45, 2.75) is 25.4 Å². The summed E-state index contributed by atoms with van der Waals surface area (Å²) in [4.78, 5) is 0. The smallest absolute Gasteiger partial charge is 0.166 e. The van der Waals surface area contributed by atoms with Crippen LogP contribution in [0.25, 0.3) is 0 Å². The van der Waals surface area contributed by atoms with Gasteiger partial charge in [-0.3, -0.25) is 0 Å². The Balaban J connectivity index is 2.37. The maximum Gasteiger partial charge on any atom is 0.166 e. The van der Waals surface area contributed by atoms with Gasteiger partial charge in [0.15, 0.2) is 11.6 Å². The van der Waals surface area contributed by atoms with E-state index in [4.69, 9.17) is 16.3 Å². The SMILES string of the molecule is COCc1c(Cl)cc(C2CCNCC2)c(F)c1F. The van der Waals surface area contributed by atoms with Gasteiger partial charge in [0, 0.05) is 17.7 Å². The summed E-state index contributed by atoms with van der Waals surface area (Å²) in [6.07, 6.45) is 1.60. The summed E-state index contributed by atoms with van der Waals surface area (Å²) >= 11 is 6.00. The fourth-order valence-corrected chi connectivity index (χ4v) is 2.61. The minimum atomic E-state index is -0.877. The summed E-state index contributed by atoms with van der Waals surface area (Å²) < 4.78 is 32.8. The van der Waals surface area contributed by atoms with Crippen LogP contribution in [0.3, 0.4) is 0 Å². The molecule has 18 heavy (non-hydrogen) atoms. The zero-order valence-electron chi connectivity index (χ0n) is 10.2. The molecule has 0 amide bonds. The van der Waals surface area contributed by atoms with E-state index < -0.39 is 11.6 Å². The lowest BCUT2D eigenvalue weighted by Gasteiger charge is -2.24. The Morgan fingerprint density at radius 1 is 1.33 bits per heavy atom. The van der Waals surface area contributed by atoms with Crippen LogP contribution in [0, 0.1) is 11.6 Å². The second-order valence-corrected chi connectivity index (χ2v) is 4.92. The molecule has 1 aromatic rings. The highest BCUT2D eigenvalue weighted by atomic mass is 35.5. The second-order valence-electron chi connectivity index (χ2n) is 4.51. The minimum absolute atomic E-state index is 0.0198. The Bertz CT molecular complexity index is 433. The van der Waals surface area contributed by atoms with Crippen molar-refractivity contribution in [3.05, 3.63) is 33.9 Å². The van der Waals surface area contributed by atoms with Crippen LogP contribution in [0.5, 0.6) is 0 Å². The molecular weight excluding hydrogens is 260 g/mol. The van der Waals surface area contributed by atoms with E-state index in [9.17, 15) is 8.78 Å². The van der Waals surface area contributed by atoms with E-state index in [2.05, 4.69) is 5.32 Å². The Labute approximate surface area is 110 Å². The van der Waals surface area contributed by atoms with Gasteiger partial charge in [-0.05, 0) is 43.5 Å². The fraction of sp³-hybridized carbons (Fsp3) is 0.538. The standard InChI is InChI=1S/C13H16ClF2NO/c1-18-7-10-11(14)6-9(12(15)13(10)16)8-2-4-17-5-3-8/h6,8,17H,2-5,7H2,1H3. The summed E-state index contributed by atoms with van der Waals surface area (Å²) in [5.74, 6) is -1.62. The monoisotopic (exact) mass is 275 g/mol. The molecule has 0 saturated carbocycles. The van der Waals surface area contributed by atoms with E-state index in [0.717, 1.165) is 25.9 Å². The molecule has 0 aromatic heterocycles. The van der Waals surface area contributed by atoms with Crippen molar-refractivity contribution < 1.29 is 13.5 Å². The maximum atomic E-state index is 14.0. The topological polar surface area (TPSA) is 21.3 Å². The third kappa shape index (κ3) is 2.66. The van der Waals surface area contributed by atoms with Crippen LogP contribution >= 0.6 is 11.6 Å². The van der Waals surface area contributed by atoms with E-state index >= 15 is 0 Å². The molecule has 2 nitrogen and oxygen atoms in total. The molecule has 2 rings (SSSR count). The highest BCUT2D eigenvalue weighted by Gasteiger charge is 2.24. The second kappa shape index (κ2) is 5.95. The fourth-order valence-electron chi connectivity index (χ4n) is 2.36. The van der Waals surface area contributed by atoms with Crippen LogP contribution in [0.2, 0.25) is 5.02 Å². The predicted molar refractivity (Wildman–Crippen MR) is 66.9 cm³/mol. The number of piperidine rings is 1. The number of nitrogens with one attached hydrogen (secondary N) is 1. The molecule has 5 heteroatoms. The molecule has 0 aliphatic carbocycles. The van der Waals surface area contributed by atoms with Crippen molar-refractivity contribution in [2.75, 3.05) is 20.2 Å². The summed E-state index contributed by atoms with van der Waals surface area (Å²) in [5.41, 5.74) is 0.480. The molecule has 1 saturated heterocycles. The molecule has 1 aliphatic rings. The molecule has 1 aromatic carbocycles. The molecule has 100 valence electrons. The van der Waals surface area contributed by atoms with Gasteiger partial charge in [0.05, 0.1) is 6.61 Å². The lowest BCUT2D eigenvalue weighted by atomic mass is 9.89. The predicted octanol–water partition coefficient (Wildman–Crippen LogP) is 3.23. The Hall–Kier alpha value is -0.710. The van der Waals surface area contributed by atoms with Gasteiger partial charge in [-0.1, -0.05) is 11.6 Å². The molecule has 0 radical (unpaired) electrons. The van der Waals surface area contributed by atoms with Gasteiger partial charge in [0.25, 0.3) is 0 Å². The zero-order chi connectivity index (χ0) is 13.1. The van der Waals surface area contributed by atoms with Gasteiger partial charge >= 0.3 is 0 Å². The van der Waals surface area contributed by atoms with E-state index in [1.807, 2.05) is 0 Å². The quantitative estimate of drug-likeness (QED) is 0.855. The Kier molecular flexibility index (Phi) is 4.54. The average Bonchev–Trinajstić information content (AvgIpc) is 2.40. The highest BCUT2D eigenvalue weighted by Crippen LogP contribution is 2.33. The third-order valence-electron chi connectivity index (χ3n) is 3.35. The number of hydrogen-bond donors (Lipinski definition) is 1. The third-order valence-corrected chi connectivity index (χ3v) is 3.69. The van der Waals surface area contributed by atoms with Crippen molar-refractivity contribution in [2.24, 2.45) is 0 Å². The first-order valence-electron chi connectivity index (χ1n) is 6.01. The molecule has 0 bridgehead atoms. The first kappa shape index (κ1) is 13.7. The highest BCUT2D eigenvalue weighted by molar-refractivity contribution is 6.31.